The molecule has 0 unspecified atom stereocenters. The Kier molecular flexibility index (Phi) is 4.66. The van der Waals surface area contributed by atoms with E-state index in [0.29, 0.717) is 17.7 Å². The lowest BCUT2D eigenvalue weighted by Gasteiger charge is -2.21. The zero-order chi connectivity index (χ0) is 17.9. The molecule has 0 radical (unpaired) electrons. The molecule has 8 heteroatoms. The summed E-state index contributed by atoms with van der Waals surface area (Å²) >= 11 is 0. The molecule has 4 rings (SSSR count). The van der Waals surface area contributed by atoms with Gasteiger partial charge in [0.15, 0.2) is 0 Å². The van der Waals surface area contributed by atoms with E-state index in [1.165, 1.54) is 19.0 Å². The number of hydrogen-bond donors (Lipinski definition) is 3. The van der Waals surface area contributed by atoms with E-state index in [1.54, 1.807) is 6.20 Å². The highest BCUT2D eigenvalue weighted by atomic mass is 16.1. The molecule has 3 heterocycles. The van der Waals surface area contributed by atoms with Crippen LogP contribution in [0.1, 0.15) is 41.2 Å². The largest absolute Gasteiger partial charge is 0.365 e. The summed E-state index contributed by atoms with van der Waals surface area (Å²) in [5.74, 6) is 1.07. The number of rotatable bonds is 5. The van der Waals surface area contributed by atoms with Crippen LogP contribution in [0.15, 0.2) is 24.5 Å². The first-order valence-electron chi connectivity index (χ1n) is 9.06. The molecule has 1 saturated heterocycles. The van der Waals surface area contributed by atoms with Crippen LogP contribution in [0.2, 0.25) is 0 Å². The number of carbonyl (C=O) groups is 1. The number of pyridine rings is 1. The van der Waals surface area contributed by atoms with E-state index in [9.17, 15) is 4.79 Å². The average molecular weight is 353 g/mol. The highest BCUT2D eigenvalue weighted by Crippen LogP contribution is 2.39. The second kappa shape index (κ2) is 7.25. The second-order valence-electron chi connectivity index (χ2n) is 6.76. The Hall–Kier alpha value is -2.74. The van der Waals surface area contributed by atoms with E-state index in [2.05, 4.69) is 30.5 Å². The lowest BCUT2D eigenvalue weighted by Crippen LogP contribution is -2.30. The summed E-state index contributed by atoms with van der Waals surface area (Å²) in [7, 11) is 0. The summed E-state index contributed by atoms with van der Waals surface area (Å²) in [4.78, 5) is 27.3. The van der Waals surface area contributed by atoms with Gasteiger partial charge in [-0.3, -0.25) is 9.78 Å². The standard InChI is InChI=1S/C18H23N7O/c19-16(26)14-11-22-18(25-8-1-6-20-7-9-25)24-17(14)23-13-4-5-15(21-10-13)12-2-3-12/h4-5,10-12,20H,1-3,6-9H2,(H2,19,26)(H,22,23,24). The Morgan fingerprint density at radius 1 is 1.19 bits per heavy atom. The van der Waals surface area contributed by atoms with Crippen molar-refractivity contribution in [2.45, 2.75) is 25.2 Å². The summed E-state index contributed by atoms with van der Waals surface area (Å²) in [5.41, 5.74) is 7.66. The topological polar surface area (TPSA) is 109 Å². The summed E-state index contributed by atoms with van der Waals surface area (Å²) in [5, 5.41) is 6.53. The van der Waals surface area contributed by atoms with Gasteiger partial charge in [0.2, 0.25) is 5.95 Å². The summed E-state index contributed by atoms with van der Waals surface area (Å²) in [6, 6.07) is 3.98. The maximum absolute atomic E-state index is 11.8. The van der Waals surface area contributed by atoms with E-state index in [4.69, 9.17) is 5.73 Å². The van der Waals surface area contributed by atoms with Crippen LogP contribution in [0.5, 0.6) is 0 Å². The maximum atomic E-state index is 11.8. The van der Waals surface area contributed by atoms with Gasteiger partial charge in [-0.25, -0.2) is 4.98 Å². The van der Waals surface area contributed by atoms with Crippen LogP contribution in [-0.4, -0.2) is 47.0 Å². The Balaban J connectivity index is 1.59. The van der Waals surface area contributed by atoms with E-state index in [1.807, 2.05) is 12.1 Å². The van der Waals surface area contributed by atoms with Crippen molar-refractivity contribution in [3.05, 3.63) is 35.8 Å². The van der Waals surface area contributed by atoms with Gasteiger partial charge in [-0.05, 0) is 37.9 Å². The number of carbonyl (C=O) groups excluding carboxylic acids is 1. The van der Waals surface area contributed by atoms with Crippen LogP contribution in [0.25, 0.3) is 0 Å². The number of nitrogens with zero attached hydrogens (tertiary/aromatic N) is 4. The highest BCUT2D eigenvalue weighted by Gasteiger charge is 2.24. The minimum absolute atomic E-state index is 0.271. The molecule has 1 amide bonds. The molecule has 0 bridgehead atoms. The van der Waals surface area contributed by atoms with E-state index in [0.717, 1.165) is 44.0 Å². The fraction of sp³-hybridized carbons (Fsp3) is 0.444. The van der Waals surface area contributed by atoms with Gasteiger partial charge in [-0.2, -0.15) is 4.98 Å². The van der Waals surface area contributed by atoms with Gasteiger partial charge in [0, 0.05) is 37.4 Å². The fourth-order valence-electron chi connectivity index (χ4n) is 3.08. The molecule has 0 aromatic carbocycles. The zero-order valence-corrected chi connectivity index (χ0v) is 14.6. The number of aromatic nitrogens is 3. The number of nitrogens with one attached hydrogen (secondary N) is 2. The Morgan fingerprint density at radius 2 is 2.08 bits per heavy atom. The van der Waals surface area contributed by atoms with Crippen molar-refractivity contribution >= 4 is 23.4 Å². The normalized spacial score (nSPS) is 17.6. The lowest BCUT2D eigenvalue weighted by molar-refractivity contribution is 0.100. The number of primary amides is 1. The van der Waals surface area contributed by atoms with Gasteiger partial charge in [-0.1, -0.05) is 0 Å². The summed E-state index contributed by atoms with van der Waals surface area (Å²) in [6.07, 6.45) is 6.72. The third-order valence-corrected chi connectivity index (χ3v) is 4.71. The first-order valence-corrected chi connectivity index (χ1v) is 9.06. The smallest absolute Gasteiger partial charge is 0.254 e. The molecule has 0 spiro atoms. The average Bonchev–Trinajstić information content (AvgIpc) is 3.49. The van der Waals surface area contributed by atoms with Crippen LogP contribution in [0.3, 0.4) is 0 Å². The van der Waals surface area contributed by atoms with Crippen molar-refractivity contribution in [3.63, 3.8) is 0 Å². The Bertz CT molecular complexity index is 781. The minimum atomic E-state index is -0.556. The van der Waals surface area contributed by atoms with Crippen LogP contribution < -0.4 is 21.3 Å². The highest BCUT2D eigenvalue weighted by molar-refractivity contribution is 5.98. The van der Waals surface area contributed by atoms with E-state index >= 15 is 0 Å². The van der Waals surface area contributed by atoms with Crippen LogP contribution >= 0.6 is 0 Å². The quantitative estimate of drug-likeness (QED) is 0.745. The van der Waals surface area contributed by atoms with Gasteiger partial charge in [-0.15, -0.1) is 0 Å². The van der Waals surface area contributed by atoms with Crippen molar-refractivity contribution in [1.29, 1.82) is 0 Å². The van der Waals surface area contributed by atoms with Crippen LogP contribution in [0, 0.1) is 0 Å². The molecule has 2 aromatic heterocycles. The van der Waals surface area contributed by atoms with Gasteiger partial charge in [0.1, 0.15) is 11.4 Å². The molecule has 1 aliphatic heterocycles. The van der Waals surface area contributed by atoms with E-state index in [-0.39, 0.29) is 5.56 Å². The summed E-state index contributed by atoms with van der Waals surface area (Å²) in [6.45, 7) is 3.57. The van der Waals surface area contributed by atoms with Gasteiger partial charge >= 0.3 is 0 Å². The van der Waals surface area contributed by atoms with Gasteiger partial charge in [0.05, 0.1) is 11.9 Å². The lowest BCUT2D eigenvalue weighted by atomic mass is 10.2. The molecule has 4 N–H and O–H groups in total. The molecular formula is C18H23N7O. The predicted molar refractivity (Wildman–Crippen MR) is 99.7 cm³/mol. The van der Waals surface area contributed by atoms with Gasteiger partial charge in [0.25, 0.3) is 5.91 Å². The summed E-state index contributed by atoms with van der Waals surface area (Å²) < 4.78 is 0. The number of hydrogen-bond acceptors (Lipinski definition) is 7. The molecule has 1 aliphatic carbocycles. The van der Waals surface area contributed by atoms with Crippen molar-refractivity contribution in [2.24, 2.45) is 5.73 Å². The zero-order valence-electron chi connectivity index (χ0n) is 14.6. The molecule has 1 saturated carbocycles. The number of nitrogens with two attached hydrogens (primary N) is 1. The molecule has 2 aromatic rings. The van der Waals surface area contributed by atoms with Crippen molar-refractivity contribution < 1.29 is 4.79 Å². The van der Waals surface area contributed by atoms with Crippen molar-refractivity contribution in [1.82, 2.24) is 20.3 Å². The Morgan fingerprint density at radius 3 is 2.81 bits per heavy atom. The van der Waals surface area contributed by atoms with Crippen molar-refractivity contribution in [2.75, 3.05) is 36.4 Å². The Labute approximate surface area is 152 Å². The van der Waals surface area contributed by atoms with Crippen LogP contribution in [0.4, 0.5) is 17.5 Å². The first-order chi connectivity index (χ1) is 12.7. The third-order valence-electron chi connectivity index (χ3n) is 4.71. The predicted octanol–water partition coefficient (Wildman–Crippen LogP) is 1.39. The SMILES string of the molecule is NC(=O)c1cnc(N2CCCNCC2)nc1Nc1ccc(C2CC2)nc1. The fourth-order valence-corrected chi connectivity index (χ4v) is 3.08. The molecule has 26 heavy (non-hydrogen) atoms. The second-order valence-corrected chi connectivity index (χ2v) is 6.76. The molecule has 8 nitrogen and oxygen atoms in total. The molecular weight excluding hydrogens is 330 g/mol. The molecule has 0 atom stereocenters. The molecule has 2 aliphatic rings. The number of anilines is 3. The minimum Gasteiger partial charge on any atom is -0.365 e. The third kappa shape index (κ3) is 3.75. The van der Waals surface area contributed by atoms with Gasteiger partial charge < -0.3 is 21.3 Å². The molecule has 2 fully saturated rings. The van der Waals surface area contributed by atoms with Crippen LogP contribution in [-0.2, 0) is 0 Å². The monoisotopic (exact) mass is 353 g/mol. The van der Waals surface area contributed by atoms with Crippen molar-refractivity contribution in [3.8, 4) is 0 Å². The number of amides is 1. The molecule has 136 valence electrons. The van der Waals surface area contributed by atoms with E-state index < -0.39 is 5.91 Å². The first kappa shape index (κ1) is 16.7. The maximum Gasteiger partial charge on any atom is 0.254 e.